The molecule has 0 amide bonds. The molecule has 0 aromatic carbocycles. The van der Waals surface area contributed by atoms with Crippen molar-refractivity contribution in [3.63, 3.8) is 0 Å². The molecule has 102 valence electrons. The van der Waals surface area contributed by atoms with Crippen molar-refractivity contribution in [1.29, 1.82) is 0 Å². The van der Waals surface area contributed by atoms with Gasteiger partial charge in [-0.05, 0) is 43.7 Å². The smallest absolute Gasteiger partial charge is 0.0198 e. The van der Waals surface area contributed by atoms with Gasteiger partial charge in [0.2, 0.25) is 0 Å². The molecule has 1 N–H and O–H groups in total. The van der Waals surface area contributed by atoms with Crippen LogP contribution in [0.2, 0.25) is 0 Å². The summed E-state index contributed by atoms with van der Waals surface area (Å²) >= 11 is 0. The number of piperidine rings is 1. The van der Waals surface area contributed by atoms with Gasteiger partial charge < -0.3 is 10.2 Å². The fourth-order valence-electron chi connectivity index (χ4n) is 3.01. The van der Waals surface area contributed by atoms with Crippen molar-refractivity contribution >= 4 is 0 Å². The highest BCUT2D eigenvalue weighted by atomic mass is 15.1. The molecule has 1 aliphatic rings. The van der Waals surface area contributed by atoms with Crippen LogP contribution in [0.25, 0.3) is 0 Å². The molecule has 0 bridgehead atoms. The van der Waals surface area contributed by atoms with Gasteiger partial charge in [-0.1, -0.05) is 34.6 Å². The van der Waals surface area contributed by atoms with E-state index in [4.69, 9.17) is 0 Å². The van der Waals surface area contributed by atoms with Crippen molar-refractivity contribution in [2.75, 3.05) is 26.7 Å². The van der Waals surface area contributed by atoms with E-state index in [9.17, 15) is 0 Å². The van der Waals surface area contributed by atoms with Crippen LogP contribution in [0.5, 0.6) is 0 Å². The molecule has 0 aliphatic carbocycles. The van der Waals surface area contributed by atoms with E-state index in [0.29, 0.717) is 11.5 Å². The fourth-order valence-corrected chi connectivity index (χ4v) is 3.01. The molecule has 0 radical (unpaired) electrons. The van der Waals surface area contributed by atoms with Crippen molar-refractivity contribution in [2.24, 2.45) is 17.3 Å². The van der Waals surface area contributed by atoms with Gasteiger partial charge in [0.1, 0.15) is 0 Å². The first-order valence-electron chi connectivity index (χ1n) is 7.18. The van der Waals surface area contributed by atoms with E-state index in [1.165, 1.54) is 25.9 Å². The SMILES string of the molecule is CC(C)CNC1CC(CC(C)(C)C)CN(C)C1. The number of likely N-dealkylation sites (tertiary alicyclic amines) is 1. The van der Waals surface area contributed by atoms with Crippen molar-refractivity contribution < 1.29 is 0 Å². The largest absolute Gasteiger partial charge is 0.312 e. The second-order valence-corrected chi connectivity index (χ2v) is 7.59. The van der Waals surface area contributed by atoms with Crippen molar-refractivity contribution in [3.05, 3.63) is 0 Å². The lowest BCUT2D eigenvalue weighted by Crippen LogP contribution is -2.49. The predicted octanol–water partition coefficient (Wildman–Crippen LogP) is 2.99. The van der Waals surface area contributed by atoms with Gasteiger partial charge in [-0.25, -0.2) is 0 Å². The molecule has 1 rings (SSSR count). The summed E-state index contributed by atoms with van der Waals surface area (Å²) in [4.78, 5) is 2.50. The number of rotatable bonds is 4. The van der Waals surface area contributed by atoms with Gasteiger partial charge in [0.25, 0.3) is 0 Å². The Morgan fingerprint density at radius 3 is 2.41 bits per heavy atom. The summed E-state index contributed by atoms with van der Waals surface area (Å²) in [6.07, 6.45) is 2.70. The minimum Gasteiger partial charge on any atom is -0.312 e. The van der Waals surface area contributed by atoms with E-state index in [1.807, 2.05) is 0 Å². The molecule has 17 heavy (non-hydrogen) atoms. The van der Waals surface area contributed by atoms with E-state index >= 15 is 0 Å². The predicted molar refractivity (Wildman–Crippen MR) is 76.3 cm³/mol. The summed E-state index contributed by atoms with van der Waals surface area (Å²) in [5.74, 6) is 1.61. The molecule has 1 fully saturated rings. The molecule has 2 atom stereocenters. The van der Waals surface area contributed by atoms with Crippen LogP contribution in [0.1, 0.15) is 47.5 Å². The molecule has 2 unspecified atom stereocenters. The Morgan fingerprint density at radius 2 is 1.88 bits per heavy atom. The van der Waals surface area contributed by atoms with Crippen LogP contribution in [0.4, 0.5) is 0 Å². The molecule has 0 saturated carbocycles. The van der Waals surface area contributed by atoms with E-state index in [2.05, 4.69) is 51.9 Å². The maximum absolute atomic E-state index is 3.73. The Labute approximate surface area is 108 Å². The molecule has 0 aromatic heterocycles. The molecule has 1 aliphatic heterocycles. The highest BCUT2D eigenvalue weighted by Gasteiger charge is 2.28. The van der Waals surface area contributed by atoms with Crippen LogP contribution in [-0.2, 0) is 0 Å². The topological polar surface area (TPSA) is 15.3 Å². The monoisotopic (exact) mass is 240 g/mol. The van der Waals surface area contributed by atoms with Crippen molar-refractivity contribution in [2.45, 2.75) is 53.5 Å². The third-order valence-electron chi connectivity index (χ3n) is 3.44. The van der Waals surface area contributed by atoms with Gasteiger partial charge in [0, 0.05) is 19.1 Å². The van der Waals surface area contributed by atoms with Gasteiger partial charge in [0.05, 0.1) is 0 Å². The van der Waals surface area contributed by atoms with Crippen LogP contribution < -0.4 is 5.32 Å². The van der Waals surface area contributed by atoms with Gasteiger partial charge in [-0.2, -0.15) is 0 Å². The average molecular weight is 240 g/mol. The second kappa shape index (κ2) is 6.19. The summed E-state index contributed by atoms with van der Waals surface area (Å²) in [5.41, 5.74) is 0.464. The Bertz CT molecular complexity index is 217. The summed E-state index contributed by atoms with van der Waals surface area (Å²) in [7, 11) is 2.26. The third-order valence-corrected chi connectivity index (χ3v) is 3.44. The van der Waals surface area contributed by atoms with E-state index < -0.39 is 0 Å². The van der Waals surface area contributed by atoms with Crippen molar-refractivity contribution in [3.8, 4) is 0 Å². The first kappa shape index (κ1) is 15.0. The number of likely N-dealkylation sites (N-methyl/N-ethyl adjacent to an activating group) is 1. The standard InChI is InChI=1S/C15H32N2/c1-12(2)9-16-14-7-13(8-15(3,4)5)10-17(6)11-14/h12-14,16H,7-11H2,1-6H3. The number of nitrogens with one attached hydrogen (secondary N) is 1. The lowest BCUT2D eigenvalue weighted by molar-refractivity contribution is 0.134. The molecular formula is C15H32N2. The van der Waals surface area contributed by atoms with Gasteiger partial charge in [-0.15, -0.1) is 0 Å². The quantitative estimate of drug-likeness (QED) is 0.812. The zero-order valence-electron chi connectivity index (χ0n) is 12.7. The van der Waals surface area contributed by atoms with E-state index in [0.717, 1.165) is 18.4 Å². The molecular weight excluding hydrogens is 208 g/mol. The Kier molecular flexibility index (Phi) is 5.46. The number of hydrogen-bond donors (Lipinski definition) is 1. The van der Waals surface area contributed by atoms with Crippen molar-refractivity contribution in [1.82, 2.24) is 10.2 Å². The Morgan fingerprint density at radius 1 is 1.24 bits per heavy atom. The molecule has 2 nitrogen and oxygen atoms in total. The maximum atomic E-state index is 3.73. The Hall–Kier alpha value is -0.0800. The van der Waals surface area contributed by atoms with Gasteiger partial charge in [0.15, 0.2) is 0 Å². The first-order valence-corrected chi connectivity index (χ1v) is 7.18. The summed E-state index contributed by atoms with van der Waals surface area (Å²) in [5, 5.41) is 3.73. The van der Waals surface area contributed by atoms with Crippen LogP contribution in [0, 0.1) is 17.3 Å². The fraction of sp³-hybridized carbons (Fsp3) is 1.00. The highest BCUT2D eigenvalue weighted by Crippen LogP contribution is 2.29. The molecule has 1 heterocycles. The second-order valence-electron chi connectivity index (χ2n) is 7.59. The molecule has 2 heteroatoms. The molecule has 0 aromatic rings. The first-order chi connectivity index (χ1) is 7.76. The van der Waals surface area contributed by atoms with Gasteiger partial charge >= 0.3 is 0 Å². The average Bonchev–Trinajstić information content (AvgIpc) is 2.10. The Balaban J connectivity index is 2.42. The van der Waals surface area contributed by atoms with Crippen LogP contribution in [0.3, 0.4) is 0 Å². The molecule has 0 spiro atoms. The van der Waals surface area contributed by atoms with Gasteiger partial charge in [-0.3, -0.25) is 0 Å². The normalized spacial score (nSPS) is 27.7. The summed E-state index contributed by atoms with van der Waals surface area (Å²) in [6.45, 7) is 15.3. The number of nitrogens with zero attached hydrogens (tertiary/aromatic N) is 1. The highest BCUT2D eigenvalue weighted by molar-refractivity contribution is 4.84. The molecule has 1 saturated heterocycles. The lowest BCUT2D eigenvalue weighted by Gasteiger charge is -2.39. The van der Waals surface area contributed by atoms with Crippen LogP contribution in [-0.4, -0.2) is 37.6 Å². The lowest BCUT2D eigenvalue weighted by atomic mass is 9.80. The van der Waals surface area contributed by atoms with E-state index in [-0.39, 0.29) is 0 Å². The number of hydrogen-bond acceptors (Lipinski definition) is 2. The summed E-state index contributed by atoms with van der Waals surface area (Å²) in [6, 6.07) is 0.698. The zero-order chi connectivity index (χ0) is 13.1. The summed E-state index contributed by atoms with van der Waals surface area (Å²) < 4.78 is 0. The minimum absolute atomic E-state index is 0.464. The van der Waals surface area contributed by atoms with Crippen LogP contribution >= 0.6 is 0 Å². The zero-order valence-corrected chi connectivity index (χ0v) is 12.7. The maximum Gasteiger partial charge on any atom is 0.0198 e. The van der Waals surface area contributed by atoms with E-state index in [1.54, 1.807) is 0 Å². The van der Waals surface area contributed by atoms with Crippen LogP contribution in [0.15, 0.2) is 0 Å². The third kappa shape index (κ3) is 6.42. The minimum atomic E-state index is 0.464.